The molecule has 0 radical (unpaired) electrons. The van der Waals surface area contributed by atoms with Gasteiger partial charge in [0.25, 0.3) is 5.91 Å². The highest BCUT2D eigenvalue weighted by atomic mass is 32.1. The predicted octanol–water partition coefficient (Wildman–Crippen LogP) is 9.45. The maximum atomic E-state index is 13.5. The summed E-state index contributed by atoms with van der Waals surface area (Å²) >= 11 is 2.60. The Hall–Kier alpha value is -5.26. The minimum atomic E-state index is -4.49. The minimum Gasteiger partial charge on any atom is -0.497 e. The molecule has 0 bridgehead atoms. The highest BCUT2D eigenvalue weighted by Gasteiger charge is 2.30. The Morgan fingerprint density at radius 1 is 0.935 bits per heavy atom. The number of methoxy groups -OCH3 is 1. The van der Waals surface area contributed by atoms with E-state index in [-0.39, 0.29) is 16.3 Å². The molecule has 3 aromatic carbocycles. The predicted molar refractivity (Wildman–Crippen MR) is 179 cm³/mol. The number of nitrogens with two attached hydrogens (primary N) is 1. The van der Waals surface area contributed by atoms with Crippen molar-refractivity contribution in [1.29, 1.82) is 0 Å². The number of ketones is 1. The molecule has 3 heterocycles. The second-order valence-electron chi connectivity index (χ2n) is 10.1. The smallest absolute Gasteiger partial charge is 0.416 e. The Morgan fingerprint density at radius 3 is 2.37 bits per heavy atom. The molecule has 0 saturated carbocycles. The molecule has 0 fully saturated rings. The number of ether oxygens (including phenoxy) is 1. The summed E-state index contributed by atoms with van der Waals surface area (Å²) in [5.41, 5.74) is 9.11. The molecule has 6 aromatic rings. The number of benzene rings is 3. The van der Waals surface area contributed by atoms with Gasteiger partial charge in [-0.1, -0.05) is 30.3 Å². The van der Waals surface area contributed by atoms with E-state index in [2.05, 4.69) is 5.32 Å². The van der Waals surface area contributed by atoms with Crippen LogP contribution in [0, 0.1) is 0 Å². The van der Waals surface area contributed by atoms with Crippen molar-refractivity contribution in [1.82, 2.24) is 4.98 Å². The highest BCUT2D eigenvalue weighted by Crippen LogP contribution is 2.42. The van der Waals surface area contributed by atoms with E-state index in [0.717, 1.165) is 28.3 Å². The highest BCUT2D eigenvalue weighted by molar-refractivity contribution is 7.21. The monoisotopic (exact) mass is 655 g/mol. The van der Waals surface area contributed by atoms with Crippen LogP contribution in [0.1, 0.15) is 30.5 Å². The number of carbonyl (C=O) groups excluding carboxylic acids is 2. The van der Waals surface area contributed by atoms with Gasteiger partial charge in [0.1, 0.15) is 15.5 Å². The third kappa shape index (κ3) is 6.42. The molecule has 46 heavy (non-hydrogen) atoms. The van der Waals surface area contributed by atoms with Crippen LogP contribution in [-0.4, -0.2) is 23.8 Å². The molecule has 1 amide bonds. The van der Waals surface area contributed by atoms with Crippen LogP contribution in [0.4, 0.5) is 24.5 Å². The van der Waals surface area contributed by atoms with Crippen molar-refractivity contribution in [2.45, 2.75) is 6.18 Å². The maximum absolute atomic E-state index is 13.5. The molecule has 0 spiro atoms. The number of nitrogens with one attached hydrogen (secondary N) is 1. The molecule has 0 aliphatic carbocycles. The lowest BCUT2D eigenvalue weighted by Crippen LogP contribution is -2.12. The van der Waals surface area contributed by atoms with Crippen molar-refractivity contribution in [3.63, 3.8) is 0 Å². The number of nitrogen functional groups attached to an aromatic ring is 1. The van der Waals surface area contributed by atoms with E-state index in [1.54, 1.807) is 61.7 Å². The summed E-state index contributed by atoms with van der Waals surface area (Å²) in [5, 5.41) is 5.20. The van der Waals surface area contributed by atoms with Crippen molar-refractivity contribution in [2.75, 3.05) is 18.2 Å². The van der Waals surface area contributed by atoms with Gasteiger partial charge in [-0.3, -0.25) is 9.59 Å². The quantitative estimate of drug-likeness (QED) is 0.126. The molecule has 0 unspecified atom stereocenters. The lowest BCUT2D eigenvalue weighted by Gasteiger charge is -2.11. The lowest BCUT2D eigenvalue weighted by atomic mass is 9.98. The molecule has 3 N–H and O–H groups in total. The Morgan fingerprint density at radius 2 is 1.70 bits per heavy atom. The Bertz CT molecular complexity index is 2080. The summed E-state index contributed by atoms with van der Waals surface area (Å²) in [4.78, 5) is 32.4. The zero-order valence-electron chi connectivity index (χ0n) is 24.1. The van der Waals surface area contributed by atoms with Crippen LogP contribution in [0.25, 0.3) is 38.7 Å². The van der Waals surface area contributed by atoms with Gasteiger partial charge in [0, 0.05) is 27.1 Å². The molecule has 11 heteroatoms. The van der Waals surface area contributed by atoms with Gasteiger partial charge in [-0.2, -0.15) is 13.2 Å². The van der Waals surface area contributed by atoms with Gasteiger partial charge in [-0.25, -0.2) is 4.98 Å². The van der Waals surface area contributed by atoms with Gasteiger partial charge < -0.3 is 15.8 Å². The van der Waals surface area contributed by atoms with Gasteiger partial charge in [0.15, 0.2) is 5.78 Å². The van der Waals surface area contributed by atoms with Gasteiger partial charge in [-0.15, -0.1) is 22.7 Å². The SMILES string of the molecule is COc1cccc(-c2cc(-c3ccc(C(F)(F)F)cc3)c3c(N)c(C(=O)Nc4ccc(C(=O)/C=C/c5cccs5)cc4)sc3n2)c1. The zero-order valence-corrected chi connectivity index (χ0v) is 25.7. The number of amides is 1. The number of hydrogen-bond donors (Lipinski definition) is 2. The van der Waals surface area contributed by atoms with Crippen LogP contribution in [0.5, 0.6) is 5.75 Å². The van der Waals surface area contributed by atoms with E-state index in [4.69, 9.17) is 15.5 Å². The number of alkyl halides is 3. The number of allylic oxidation sites excluding steroid dienone is 1. The van der Waals surface area contributed by atoms with Gasteiger partial charge in [0.05, 0.1) is 24.1 Å². The molecule has 3 aromatic heterocycles. The number of nitrogens with zero attached hydrogens (tertiary/aromatic N) is 1. The molecular weight excluding hydrogens is 632 g/mol. The summed E-state index contributed by atoms with van der Waals surface area (Å²) in [6.07, 6.45) is -1.24. The fourth-order valence-corrected chi connectivity index (χ4v) is 6.47. The van der Waals surface area contributed by atoms with Crippen molar-refractivity contribution >= 4 is 62.0 Å². The largest absolute Gasteiger partial charge is 0.497 e. The van der Waals surface area contributed by atoms with Gasteiger partial charge >= 0.3 is 6.18 Å². The summed E-state index contributed by atoms with van der Waals surface area (Å²) in [7, 11) is 1.54. The number of rotatable bonds is 8. The third-order valence-corrected chi connectivity index (χ3v) is 9.10. The molecule has 6 rings (SSSR count). The van der Waals surface area contributed by atoms with Crippen LogP contribution in [-0.2, 0) is 6.18 Å². The maximum Gasteiger partial charge on any atom is 0.416 e. The number of aromatic nitrogens is 1. The van der Waals surface area contributed by atoms with Gasteiger partial charge in [-0.05, 0) is 89.3 Å². The second kappa shape index (κ2) is 12.6. The molecule has 6 nitrogen and oxygen atoms in total. The molecule has 230 valence electrons. The molecular formula is C35H24F3N3O3S2. The number of pyridine rings is 1. The topological polar surface area (TPSA) is 94.3 Å². The Kier molecular flexibility index (Phi) is 8.44. The van der Waals surface area contributed by atoms with Crippen LogP contribution < -0.4 is 15.8 Å². The number of anilines is 2. The van der Waals surface area contributed by atoms with E-state index in [9.17, 15) is 22.8 Å². The van der Waals surface area contributed by atoms with E-state index in [1.807, 2.05) is 23.6 Å². The number of fused-ring (bicyclic) bond motifs is 1. The van der Waals surface area contributed by atoms with E-state index >= 15 is 0 Å². The first kappa shape index (κ1) is 30.8. The number of thiophene rings is 2. The molecule has 0 aliphatic heterocycles. The first-order chi connectivity index (χ1) is 22.1. The number of hydrogen-bond acceptors (Lipinski definition) is 7. The first-order valence-corrected chi connectivity index (χ1v) is 15.5. The van der Waals surface area contributed by atoms with Crippen LogP contribution in [0.15, 0.2) is 102 Å². The lowest BCUT2D eigenvalue weighted by molar-refractivity contribution is -0.137. The third-order valence-electron chi connectivity index (χ3n) is 7.16. The number of halogens is 3. The second-order valence-corrected chi connectivity index (χ2v) is 12.1. The first-order valence-electron chi connectivity index (χ1n) is 13.8. The summed E-state index contributed by atoms with van der Waals surface area (Å²) in [6, 6.07) is 24.0. The minimum absolute atomic E-state index is 0.155. The van der Waals surface area contributed by atoms with Crippen molar-refractivity contribution in [3.05, 3.63) is 123 Å². The normalized spacial score (nSPS) is 11.7. The van der Waals surface area contributed by atoms with Crippen LogP contribution in [0.2, 0.25) is 0 Å². The average molecular weight is 656 g/mol. The van der Waals surface area contributed by atoms with Crippen molar-refractivity contribution in [3.8, 4) is 28.1 Å². The standard InChI is InChI=1S/C35H24F3N3O3S2/c1-44-25-5-2-4-22(18-25)28-19-27(20-7-11-23(12-8-20)35(36,37)38)30-31(39)32(46-34(30)41-28)33(43)40-24-13-9-21(10-14-24)29(42)16-15-26-6-3-17-45-26/h2-19H,39H2,1H3,(H,40,43)/b16-15+. The number of carbonyl (C=O) groups is 2. The summed E-state index contributed by atoms with van der Waals surface area (Å²) in [6.45, 7) is 0. The summed E-state index contributed by atoms with van der Waals surface area (Å²) in [5.74, 6) is -0.0558. The fraction of sp³-hybridized carbons (Fsp3) is 0.0571. The van der Waals surface area contributed by atoms with Gasteiger partial charge in [0.2, 0.25) is 0 Å². The molecule has 0 aliphatic rings. The summed E-state index contributed by atoms with van der Waals surface area (Å²) < 4.78 is 45.3. The van der Waals surface area contributed by atoms with Crippen molar-refractivity contribution < 1.29 is 27.5 Å². The van der Waals surface area contributed by atoms with E-state index < -0.39 is 17.6 Å². The average Bonchev–Trinajstić information content (AvgIpc) is 3.71. The molecule has 0 saturated heterocycles. The van der Waals surface area contributed by atoms with Crippen molar-refractivity contribution in [2.24, 2.45) is 0 Å². The molecule has 0 atom stereocenters. The zero-order chi connectivity index (χ0) is 32.4. The Balaban J connectivity index is 1.34. The van der Waals surface area contributed by atoms with Crippen LogP contribution in [0.3, 0.4) is 0 Å². The van der Waals surface area contributed by atoms with Crippen LogP contribution >= 0.6 is 22.7 Å². The fourth-order valence-electron chi connectivity index (χ4n) is 4.83. The van der Waals surface area contributed by atoms with E-state index in [0.29, 0.717) is 49.6 Å². The Labute approximate surface area is 269 Å². The van der Waals surface area contributed by atoms with E-state index in [1.165, 1.54) is 29.5 Å².